The molecule has 0 aliphatic carbocycles. The van der Waals surface area contributed by atoms with Crippen LogP contribution in [0.15, 0.2) is 22.7 Å². The van der Waals surface area contributed by atoms with Gasteiger partial charge in [0, 0.05) is 35.2 Å². The van der Waals surface area contributed by atoms with Gasteiger partial charge >= 0.3 is 0 Å². The van der Waals surface area contributed by atoms with Crippen molar-refractivity contribution >= 4 is 21.6 Å². The molecule has 1 aromatic rings. The molecule has 0 spiro atoms. The lowest BCUT2D eigenvalue weighted by Crippen LogP contribution is -2.64. The predicted molar refractivity (Wildman–Crippen MR) is 93.4 cm³/mol. The molecule has 0 radical (unpaired) electrons. The van der Waals surface area contributed by atoms with Crippen molar-refractivity contribution in [3.05, 3.63) is 22.7 Å². The van der Waals surface area contributed by atoms with Gasteiger partial charge in [-0.3, -0.25) is 0 Å². The fourth-order valence-electron chi connectivity index (χ4n) is 3.17. The van der Waals surface area contributed by atoms with Gasteiger partial charge in [-0.1, -0.05) is 20.8 Å². The SMILES string of the molecule is CCC1CNC(CC)(CC)CN1c1cc(OC)ccc1Br. The van der Waals surface area contributed by atoms with Gasteiger partial charge in [-0.15, -0.1) is 0 Å². The molecule has 21 heavy (non-hydrogen) atoms. The van der Waals surface area contributed by atoms with Gasteiger partial charge in [-0.25, -0.2) is 0 Å². The van der Waals surface area contributed by atoms with Gasteiger partial charge in [0.1, 0.15) is 5.75 Å². The molecule has 1 aliphatic rings. The maximum atomic E-state index is 5.41. The van der Waals surface area contributed by atoms with Gasteiger partial charge in [-0.2, -0.15) is 0 Å². The molecule has 1 unspecified atom stereocenters. The minimum Gasteiger partial charge on any atom is -0.497 e. The molecule has 2 rings (SSSR count). The van der Waals surface area contributed by atoms with Gasteiger partial charge in [0.15, 0.2) is 0 Å². The molecule has 118 valence electrons. The summed E-state index contributed by atoms with van der Waals surface area (Å²) in [5.41, 5.74) is 1.46. The van der Waals surface area contributed by atoms with Crippen LogP contribution in [0, 0.1) is 0 Å². The molecular weight excluding hydrogens is 328 g/mol. The average molecular weight is 355 g/mol. The molecule has 0 amide bonds. The molecule has 1 fully saturated rings. The molecule has 0 saturated carbocycles. The van der Waals surface area contributed by atoms with E-state index in [9.17, 15) is 0 Å². The van der Waals surface area contributed by atoms with E-state index in [1.165, 1.54) is 5.69 Å². The first-order valence-corrected chi connectivity index (χ1v) is 8.73. The van der Waals surface area contributed by atoms with Crippen molar-refractivity contribution in [2.24, 2.45) is 0 Å². The second-order valence-corrected chi connectivity index (χ2v) is 6.73. The van der Waals surface area contributed by atoms with Gasteiger partial charge in [0.05, 0.1) is 12.8 Å². The third kappa shape index (κ3) is 3.37. The molecule has 0 bridgehead atoms. The largest absolute Gasteiger partial charge is 0.497 e. The van der Waals surface area contributed by atoms with Crippen molar-refractivity contribution in [1.82, 2.24) is 5.32 Å². The summed E-state index contributed by atoms with van der Waals surface area (Å²) in [6.07, 6.45) is 3.44. The number of hydrogen-bond acceptors (Lipinski definition) is 3. The second kappa shape index (κ2) is 7.01. The van der Waals surface area contributed by atoms with Crippen LogP contribution in [0.2, 0.25) is 0 Å². The van der Waals surface area contributed by atoms with Gasteiger partial charge in [0.25, 0.3) is 0 Å². The lowest BCUT2D eigenvalue weighted by molar-refractivity contribution is 0.246. The van der Waals surface area contributed by atoms with Crippen LogP contribution in [0.4, 0.5) is 5.69 Å². The first kappa shape index (κ1) is 16.6. The normalized spacial score (nSPS) is 21.4. The Morgan fingerprint density at radius 3 is 2.62 bits per heavy atom. The van der Waals surface area contributed by atoms with Crippen LogP contribution < -0.4 is 15.0 Å². The number of nitrogens with one attached hydrogen (secondary N) is 1. The Morgan fingerprint density at radius 1 is 1.33 bits per heavy atom. The number of piperazine rings is 1. The van der Waals surface area contributed by atoms with E-state index in [4.69, 9.17) is 4.74 Å². The molecular formula is C17H27BrN2O. The molecule has 1 aromatic carbocycles. The Morgan fingerprint density at radius 2 is 2.05 bits per heavy atom. The van der Waals surface area contributed by atoms with Crippen LogP contribution in [-0.2, 0) is 0 Å². The van der Waals surface area contributed by atoms with Crippen molar-refractivity contribution in [3.63, 3.8) is 0 Å². The monoisotopic (exact) mass is 354 g/mol. The highest BCUT2D eigenvalue weighted by atomic mass is 79.9. The second-order valence-electron chi connectivity index (χ2n) is 5.88. The minimum atomic E-state index is 0.216. The standard InChI is InChI=1S/C17H27BrN2O/c1-5-13-11-19-17(6-2,7-3)12-20(13)16-10-14(21-4)8-9-15(16)18/h8-10,13,19H,5-7,11-12H2,1-4H3. The highest BCUT2D eigenvalue weighted by Gasteiger charge is 2.36. The number of benzene rings is 1. The first-order chi connectivity index (χ1) is 10.1. The maximum absolute atomic E-state index is 5.41. The van der Waals surface area contributed by atoms with Crippen LogP contribution in [0.25, 0.3) is 0 Å². The van der Waals surface area contributed by atoms with Gasteiger partial charge in [0.2, 0.25) is 0 Å². The Bertz CT molecular complexity index is 474. The topological polar surface area (TPSA) is 24.5 Å². The van der Waals surface area contributed by atoms with Gasteiger partial charge in [-0.05, 0) is 47.3 Å². The third-order valence-corrected chi connectivity index (χ3v) is 5.58. The summed E-state index contributed by atoms with van der Waals surface area (Å²) < 4.78 is 6.55. The molecule has 0 aromatic heterocycles. The predicted octanol–water partition coefficient (Wildman–Crippen LogP) is 4.20. The van der Waals surface area contributed by atoms with Crippen molar-refractivity contribution in [2.75, 3.05) is 25.1 Å². The van der Waals surface area contributed by atoms with Crippen LogP contribution in [0.1, 0.15) is 40.0 Å². The zero-order chi connectivity index (χ0) is 15.5. The summed E-state index contributed by atoms with van der Waals surface area (Å²) in [4.78, 5) is 2.55. The summed E-state index contributed by atoms with van der Waals surface area (Å²) in [7, 11) is 1.73. The Balaban J connectivity index is 2.37. The van der Waals surface area contributed by atoms with Gasteiger partial charge < -0.3 is 15.0 Å². The summed E-state index contributed by atoms with van der Waals surface area (Å²) in [6, 6.07) is 6.76. The van der Waals surface area contributed by atoms with E-state index >= 15 is 0 Å². The molecule has 4 heteroatoms. The lowest BCUT2D eigenvalue weighted by atomic mass is 9.87. The Labute approximate surface area is 137 Å². The van der Waals surface area contributed by atoms with Crippen LogP contribution in [0.3, 0.4) is 0 Å². The summed E-state index contributed by atoms with van der Waals surface area (Å²) in [5, 5.41) is 3.79. The molecule has 1 N–H and O–H groups in total. The number of halogens is 1. The molecule has 1 atom stereocenters. The molecule has 1 heterocycles. The highest BCUT2D eigenvalue weighted by molar-refractivity contribution is 9.10. The zero-order valence-electron chi connectivity index (χ0n) is 13.6. The maximum Gasteiger partial charge on any atom is 0.121 e. The zero-order valence-corrected chi connectivity index (χ0v) is 15.2. The van der Waals surface area contributed by atoms with E-state index in [1.54, 1.807) is 7.11 Å². The summed E-state index contributed by atoms with van der Waals surface area (Å²) in [6.45, 7) is 8.91. The number of ether oxygens (including phenoxy) is 1. The number of rotatable bonds is 5. The number of anilines is 1. The number of methoxy groups -OCH3 is 1. The summed E-state index contributed by atoms with van der Waals surface area (Å²) in [5.74, 6) is 0.917. The van der Waals surface area contributed by atoms with E-state index in [-0.39, 0.29) is 5.54 Å². The highest BCUT2D eigenvalue weighted by Crippen LogP contribution is 2.35. The van der Waals surface area contributed by atoms with Crippen molar-refractivity contribution in [2.45, 2.75) is 51.6 Å². The molecule has 3 nitrogen and oxygen atoms in total. The number of nitrogens with zero attached hydrogens (tertiary/aromatic N) is 1. The molecule has 1 saturated heterocycles. The van der Waals surface area contributed by atoms with Crippen LogP contribution in [-0.4, -0.2) is 31.8 Å². The minimum absolute atomic E-state index is 0.216. The lowest BCUT2D eigenvalue weighted by Gasteiger charge is -2.48. The number of hydrogen-bond donors (Lipinski definition) is 1. The summed E-state index contributed by atoms with van der Waals surface area (Å²) >= 11 is 3.72. The van der Waals surface area contributed by atoms with Crippen molar-refractivity contribution < 1.29 is 4.74 Å². The van der Waals surface area contributed by atoms with E-state index in [1.807, 2.05) is 6.07 Å². The fraction of sp³-hybridized carbons (Fsp3) is 0.647. The first-order valence-electron chi connectivity index (χ1n) is 7.94. The van der Waals surface area contributed by atoms with Crippen molar-refractivity contribution in [1.29, 1.82) is 0 Å². The third-order valence-electron chi connectivity index (χ3n) is 4.91. The van der Waals surface area contributed by atoms with E-state index in [0.717, 1.165) is 42.6 Å². The fourth-order valence-corrected chi connectivity index (χ4v) is 3.64. The Hall–Kier alpha value is -0.740. The van der Waals surface area contributed by atoms with E-state index < -0.39 is 0 Å². The molecule has 1 aliphatic heterocycles. The average Bonchev–Trinajstić information content (AvgIpc) is 2.54. The van der Waals surface area contributed by atoms with Crippen LogP contribution in [0.5, 0.6) is 5.75 Å². The van der Waals surface area contributed by atoms with E-state index in [2.05, 4.69) is 59.1 Å². The smallest absolute Gasteiger partial charge is 0.121 e. The van der Waals surface area contributed by atoms with E-state index in [0.29, 0.717) is 6.04 Å². The quantitative estimate of drug-likeness (QED) is 0.857. The van der Waals surface area contributed by atoms with Crippen LogP contribution >= 0.6 is 15.9 Å². The Kier molecular flexibility index (Phi) is 5.55. The van der Waals surface area contributed by atoms with Crippen molar-refractivity contribution in [3.8, 4) is 5.75 Å².